The van der Waals surface area contributed by atoms with Gasteiger partial charge in [-0.25, -0.2) is 0 Å². The highest BCUT2D eigenvalue weighted by Crippen LogP contribution is 2.11. The molecule has 0 amide bonds. The monoisotopic (exact) mass is 263 g/mol. The van der Waals surface area contributed by atoms with Gasteiger partial charge in [-0.2, -0.15) is 0 Å². The van der Waals surface area contributed by atoms with E-state index in [2.05, 4.69) is 62.1 Å². The summed E-state index contributed by atoms with van der Waals surface area (Å²) in [6, 6.07) is 6.65. The summed E-state index contributed by atoms with van der Waals surface area (Å²) in [6.45, 7) is 12.2. The third kappa shape index (κ3) is 6.17. The van der Waals surface area contributed by atoms with Gasteiger partial charge in [0.15, 0.2) is 0 Å². The summed E-state index contributed by atoms with van der Waals surface area (Å²) in [5.41, 5.74) is 1.14. The second-order valence-electron chi connectivity index (χ2n) is 6.01. The molecule has 0 fully saturated rings. The van der Waals surface area contributed by atoms with Gasteiger partial charge < -0.3 is 5.32 Å². The Hall–Kier alpha value is -0.930. The predicted octanol–water partition coefficient (Wildman–Crippen LogP) is 2.78. The minimum absolute atomic E-state index is 0.543. The molecule has 0 spiro atoms. The Morgan fingerprint density at radius 3 is 2.47 bits per heavy atom. The van der Waals surface area contributed by atoms with Crippen molar-refractivity contribution in [2.75, 3.05) is 20.1 Å². The standard InChI is InChI=1S/C16H29N3/c1-13(2)10-17-11-14(3)15(4)19(5)12-16-8-6-7-9-18-16/h6-9,13-15,17H,10-12H2,1-5H3. The average molecular weight is 263 g/mol. The molecule has 0 aliphatic heterocycles. The van der Waals surface area contributed by atoms with Crippen LogP contribution in [0.25, 0.3) is 0 Å². The van der Waals surface area contributed by atoms with Gasteiger partial charge in [-0.3, -0.25) is 9.88 Å². The number of aromatic nitrogens is 1. The van der Waals surface area contributed by atoms with Crippen molar-refractivity contribution in [1.29, 1.82) is 0 Å². The van der Waals surface area contributed by atoms with E-state index in [0.717, 1.165) is 25.3 Å². The lowest BCUT2D eigenvalue weighted by atomic mass is 10.0. The molecule has 19 heavy (non-hydrogen) atoms. The Morgan fingerprint density at radius 1 is 1.16 bits per heavy atom. The van der Waals surface area contributed by atoms with Gasteiger partial charge in [0.25, 0.3) is 0 Å². The maximum atomic E-state index is 4.39. The zero-order chi connectivity index (χ0) is 14.3. The van der Waals surface area contributed by atoms with Crippen molar-refractivity contribution in [3.8, 4) is 0 Å². The second kappa shape index (κ2) is 8.28. The fourth-order valence-corrected chi connectivity index (χ4v) is 2.10. The molecule has 2 unspecified atom stereocenters. The molecule has 0 aromatic carbocycles. The minimum atomic E-state index is 0.543. The van der Waals surface area contributed by atoms with E-state index in [1.54, 1.807) is 0 Å². The van der Waals surface area contributed by atoms with Crippen LogP contribution in [0.5, 0.6) is 0 Å². The fraction of sp³-hybridized carbons (Fsp3) is 0.688. The summed E-state index contributed by atoms with van der Waals surface area (Å²) in [4.78, 5) is 6.77. The Kier molecular flexibility index (Phi) is 7.03. The van der Waals surface area contributed by atoms with Gasteiger partial charge in [-0.05, 0) is 51.0 Å². The zero-order valence-electron chi connectivity index (χ0n) is 13.1. The molecule has 1 N–H and O–H groups in total. The van der Waals surface area contributed by atoms with Crippen LogP contribution in [0, 0.1) is 11.8 Å². The van der Waals surface area contributed by atoms with E-state index in [1.165, 1.54) is 0 Å². The van der Waals surface area contributed by atoms with Crippen molar-refractivity contribution < 1.29 is 0 Å². The number of nitrogens with one attached hydrogen (secondary N) is 1. The van der Waals surface area contributed by atoms with E-state index in [4.69, 9.17) is 0 Å². The fourth-order valence-electron chi connectivity index (χ4n) is 2.10. The van der Waals surface area contributed by atoms with Crippen molar-refractivity contribution in [2.45, 2.75) is 40.3 Å². The van der Waals surface area contributed by atoms with Crippen molar-refractivity contribution in [1.82, 2.24) is 15.2 Å². The highest BCUT2D eigenvalue weighted by molar-refractivity contribution is 5.03. The van der Waals surface area contributed by atoms with Crippen LogP contribution in [-0.2, 0) is 6.54 Å². The lowest BCUT2D eigenvalue weighted by Crippen LogP contribution is -2.39. The van der Waals surface area contributed by atoms with Crippen molar-refractivity contribution in [3.05, 3.63) is 30.1 Å². The van der Waals surface area contributed by atoms with E-state index >= 15 is 0 Å². The molecule has 0 aliphatic carbocycles. The molecular weight excluding hydrogens is 234 g/mol. The van der Waals surface area contributed by atoms with Gasteiger partial charge in [-0.15, -0.1) is 0 Å². The smallest absolute Gasteiger partial charge is 0.0543 e. The second-order valence-corrected chi connectivity index (χ2v) is 6.01. The van der Waals surface area contributed by atoms with Crippen molar-refractivity contribution >= 4 is 0 Å². The third-order valence-electron chi connectivity index (χ3n) is 3.68. The number of nitrogens with zero attached hydrogens (tertiary/aromatic N) is 2. The first kappa shape index (κ1) is 16.1. The third-order valence-corrected chi connectivity index (χ3v) is 3.68. The highest BCUT2D eigenvalue weighted by Gasteiger charge is 2.17. The number of hydrogen-bond donors (Lipinski definition) is 1. The largest absolute Gasteiger partial charge is 0.316 e. The molecule has 1 rings (SSSR count). The molecule has 0 bridgehead atoms. The molecule has 1 aromatic heterocycles. The Balaban J connectivity index is 2.36. The van der Waals surface area contributed by atoms with Crippen LogP contribution < -0.4 is 5.32 Å². The van der Waals surface area contributed by atoms with Crippen LogP contribution in [0.3, 0.4) is 0 Å². The van der Waals surface area contributed by atoms with Crippen LogP contribution in [0.4, 0.5) is 0 Å². The van der Waals surface area contributed by atoms with E-state index in [-0.39, 0.29) is 0 Å². The van der Waals surface area contributed by atoms with Gasteiger partial charge in [-0.1, -0.05) is 26.8 Å². The normalized spacial score (nSPS) is 14.9. The van der Waals surface area contributed by atoms with Gasteiger partial charge in [0, 0.05) is 18.8 Å². The Morgan fingerprint density at radius 2 is 1.89 bits per heavy atom. The van der Waals surface area contributed by atoms with Crippen LogP contribution in [0.15, 0.2) is 24.4 Å². The number of pyridine rings is 1. The summed E-state index contributed by atoms with van der Waals surface area (Å²) >= 11 is 0. The van der Waals surface area contributed by atoms with E-state index < -0.39 is 0 Å². The number of hydrogen-bond acceptors (Lipinski definition) is 3. The molecule has 0 radical (unpaired) electrons. The quantitative estimate of drug-likeness (QED) is 0.781. The molecule has 108 valence electrons. The van der Waals surface area contributed by atoms with Crippen LogP contribution in [-0.4, -0.2) is 36.1 Å². The molecule has 0 saturated heterocycles. The Bertz CT molecular complexity index is 337. The summed E-state index contributed by atoms with van der Waals surface area (Å²) in [7, 11) is 2.18. The van der Waals surface area contributed by atoms with E-state index in [1.807, 2.05) is 12.3 Å². The molecule has 3 nitrogen and oxygen atoms in total. The first-order chi connectivity index (χ1) is 9.00. The summed E-state index contributed by atoms with van der Waals surface area (Å²) in [6.07, 6.45) is 1.86. The van der Waals surface area contributed by atoms with E-state index in [9.17, 15) is 0 Å². The molecule has 1 aromatic rings. The maximum absolute atomic E-state index is 4.39. The zero-order valence-corrected chi connectivity index (χ0v) is 13.1. The minimum Gasteiger partial charge on any atom is -0.316 e. The first-order valence-electron chi connectivity index (χ1n) is 7.31. The maximum Gasteiger partial charge on any atom is 0.0543 e. The van der Waals surface area contributed by atoms with Crippen molar-refractivity contribution in [3.63, 3.8) is 0 Å². The van der Waals surface area contributed by atoms with Crippen molar-refractivity contribution in [2.24, 2.45) is 11.8 Å². The average Bonchev–Trinajstić information content (AvgIpc) is 2.38. The predicted molar refractivity (Wildman–Crippen MR) is 82.0 cm³/mol. The van der Waals surface area contributed by atoms with Gasteiger partial charge in [0.05, 0.1) is 5.69 Å². The molecule has 3 heteroatoms. The lowest BCUT2D eigenvalue weighted by molar-refractivity contribution is 0.186. The molecule has 0 saturated carbocycles. The van der Waals surface area contributed by atoms with Crippen LogP contribution >= 0.6 is 0 Å². The van der Waals surface area contributed by atoms with Crippen LogP contribution in [0.1, 0.15) is 33.4 Å². The molecular formula is C16H29N3. The first-order valence-corrected chi connectivity index (χ1v) is 7.31. The topological polar surface area (TPSA) is 28.2 Å². The SMILES string of the molecule is CC(C)CNCC(C)C(C)N(C)Cc1ccccn1. The van der Waals surface area contributed by atoms with Gasteiger partial charge >= 0.3 is 0 Å². The molecule has 0 aliphatic rings. The Labute approximate surface area is 118 Å². The number of rotatable bonds is 8. The highest BCUT2D eigenvalue weighted by atomic mass is 15.1. The molecule has 1 heterocycles. The van der Waals surface area contributed by atoms with Crippen LogP contribution in [0.2, 0.25) is 0 Å². The summed E-state index contributed by atoms with van der Waals surface area (Å²) < 4.78 is 0. The van der Waals surface area contributed by atoms with Gasteiger partial charge in [0.1, 0.15) is 0 Å². The van der Waals surface area contributed by atoms with Gasteiger partial charge in [0.2, 0.25) is 0 Å². The lowest BCUT2D eigenvalue weighted by Gasteiger charge is -2.30. The summed E-state index contributed by atoms with van der Waals surface area (Å²) in [5.74, 6) is 1.35. The molecule has 2 atom stereocenters. The summed E-state index contributed by atoms with van der Waals surface area (Å²) in [5, 5.41) is 3.54. The van der Waals surface area contributed by atoms with E-state index in [0.29, 0.717) is 17.9 Å².